The lowest BCUT2D eigenvalue weighted by Crippen LogP contribution is -2.38. The fourth-order valence-corrected chi connectivity index (χ4v) is 3.02. The van der Waals surface area contributed by atoms with Crippen LogP contribution < -0.4 is 4.74 Å². The Hall–Kier alpha value is -3.10. The van der Waals surface area contributed by atoms with Gasteiger partial charge in [-0.2, -0.15) is 5.26 Å². The Morgan fingerprint density at radius 1 is 1.27 bits per heavy atom. The zero-order valence-electron chi connectivity index (χ0n) is 14.6. The molecule has 1 N–H and O–H groups in total. The summed E-state index contributed by atoms with van der Waals surface area (Å²) in [5.74, 6) is 0.296. The molecule has 0 bridgehead atoms. The van der Waals surface area contributed by atoms with E-state index in [0.29, 0.717) is 36.4 Å². The maximum atomic E-state index is 12.6. The molecule has 2 aromatic rings. The largest absolute Gasteiger partial charge is 0.497 e. The number of amides is 1. The summed E-state index contributed by atoms with van der Waals surface area (Å²) in [5.41, 5.74) is 3.36. The number of ether oxygens (including phenoxy) is 1. The van der Waals surface area contributed by atoms with Crippen LogP contribution in [-0.4, -0.2) is 36.1 Å². The summed E-state index contributed by atoms with van der Waals surface area (Å²) < 4.78 is 5.14. The molecular formula is C21H20N2O3. The van der Waals surface area contributed by atoms with Crippen molar-refractivity contribution in [2.75, 3.05) is 20.2 Å². The number of aliphatic hydroxyl groups is 1. The van der Waals surface area contributed by atoms with Crippen LogP contribution in [0, 0.1) is 11.3 Å². The van der Waals surface area contributed by atoms with Crippen LogP contribution in [-0.2, 0) is 4.79 Å². The molecule has 2 aromatic carbocycles. The molecule has 0 aromatic heterocycles. The van der Waals surface area contributed by atoms with E-state index >= 15 is 0 Å². The van der Waals surface area contributed by atoms with E-state index in [1.54, 1.807) is 48.4 Å². The van der Waals surface area contributed by atoms with Crippen molar-refractivity contribution in [1.29, 1.82) is 5.26 Å². The highest BCUT2D eigenvalue weighted by atomic mass is 16.5. The van der Waals surface area contributed by atoms with Gasteiger partial charge in [0.1, 0.15) is 5.75 Å². The van der Waals surface area contributed by atoms with E-state index in [9.17, 15) is 9.90 Å². The Morgan fingerprint density at radius 3 is 2.65 bits per heavy atom. The predicted octanol–water partition coefficient (Wildman–Crippen LogP) is 2.92. The van der Waals surface area contributed by atoms with Crippen LogP contribution in [0.2, 0.25) is 0 Å². The quantitative estimate of drug-likeness (QED) is 0.922. The van der Waals surface area contributed by atoms with Crippen molar-refractivity contribution >= 4 is 11.5 Å². The molecule has 0 radical (unpaired) electrons. The minimum absolute atomic E-state index is 0.312. The molecule has 1 unspecified atom stereocenters. The summed E-state index contributed by atoms with van der Waals surface area (Å²) >= 11 is 0. The number of hydrogen-bond donors (Lipinski definition) is 1. The average molecular weight is 348 g/mol. The first-order valence-electron chi connectivity index (χ1n) is 8.42. The minimum Gasteiger partial charge on any atom is -0.497 e. The van der Waals surface area contributed by atoms with Crippen molar-refractivity contribution in [2.45, 2.75) is 12.5 Å². The Kier molecular flexibility index (Phi) is 5.35. The third-order valence-electron chi connectivity index (χ3n) is 4.55. The van der Waals surface area contributed by atoms with Crippen LogP contribution in [0.5, 0.6) is 5.75 Å². The van der Waals surface area contributed by atoms with Crippen LogP contribution in [0.3, 0.4) is 0 Å². The molecular weight excluding hydrogens is 328 g/mol. The van der Waals surface area contributed by atoms with E-state index in [-0.39, 0.29) is 5.91 Å². The molecule has 5 nitrogen and oxygen atoms in total. The second-order valence-corrected chi connectivity index (χ2v) is 6.13. The normalized spacial score (nSPS) is 15.0. The number of benzene rings is 2. The van der Waals surface area contributed by atoms with Crippen LogP contribution in [0.15, 0.2) is 54.6 Å². The molecule has 3 rings (SSSR count). The van der Waals surface area contributed by atoms with Gasteiger partial charge in [0.15, 0.2) is 6.10 Å². The monoisotopic (exact) mass is 348 g/mol. The first kappa shape index (κ1) is 17.7. The summed E-state index contributed by atoms with van der Waals surface area (Å²) in [6, 6.07) is 16.4. The second kappa shape index (κ2) is 7.85. The van der Waals surface area contributed by atoms with Crippen LogP contribution in [0.1, 0.15) is 29.2 Å². The van der Waals surface area contributed by atoms with Crippen molar-refractivity contribution in [2.24, 2.45) is 0 Å². The van der Waals surface area contributed by atoms with E-state index in [1.807, 2.05) is 18.2 Å². The van der Waals surface area contributed by atoms with Gasteiger partial charge in [-0.1, -0.05) is 30.3 Å². The molecule has 0 spiro atoms. The van der Waals surface area contributed by atoms with Gasteiger partial charge >= 0.3 is 0 Å². The number of carbonyl (C=O) groups excluding carboxylic acids is 1. The van der Waals surface area contributed by atoms with E-state index in [2.05, 4.69) is 6.07 Å². The van der Waals surface area contributed by atoms with Gasteiger partial charge in [0.05, 0.1) is 18.7 Å². The molecule has 0 saturated heterocycles. The smallest absolute Gasteiger partial charge is 0.256 e. The zero-order chi connectivity index (χ0) is 18.5. The van der Waals surface area contributed by atoms with Crippen LogP contribution >= 0.6 is 0 Å². The Bertz CT molecular complexity index is 866. The average Bonchev–Trinajstić information content (AvgIpc) is 2.73. The fourth-order valence-electron chi connectivity index (χ4n) is 3.02. The standard InChI is InChI=1S/C21H20N2O3/c1-26-19-4-2-3-18(13-19)20(24)21(25)23-11-9-17(10-12-23)16-7-5-15(14-22)6-8-16/h2-9,13,20,24H,10-12H2,1H3. The van der Waals surface area contributed by atoms with Gasteiger partial charge < -0.3 is 14.7 Å². The van der Waals surface area contributed by atoms with Crippen molar-refractivity contribution in [3.05, 3.63) is 71.3 Å². The van der Waals surface area contributed by atoms with Gasteiger partial charge in [0, 0.05) is 13.1 Å². The second-order valence-electron chi connectivity index (χ2n) is 6.13. The molecule has 0 aliphatic carbocycles. The lowest BCUT2D eigenvalue weighted by molar-refractivity contribution is -0.140. The molecule has 0 saturated carbocycles. The van der Waals surface area contributed by atoms with Crippen LogP contribution in [0.25, 0.3) is 5.57 Å². The molecule has 1 aliphatic rings. The van der Waals surface area contributed by atoms with Gasteiger partial charge in [-0.25, -0.2) is 0 Å². The van der Waals surface area contributed by atoms with E-state index in [4.69, 9.17) is 10.00 Å². The summed E-state index contributed by atoms with van der Waals surface area (Å²) in [6.07, 6.45) is 1.51. The van der Waals surface area contributed by atoms with Gasteiger partial charge in [-0.3, -0.25) is 4.79 Å². The highest BCUT2D eigenvalue weighted by molar-refractivity contribution is 5.83. The Morgan fingerprint density at radius 2 is 2.04 bits per heavy atom. The highest BCUT2D eigenvalue weighted by Crippen LogP contribution is 2.26. The van der Waals surface area contributed by atoms with Gasteiger partial charge in [0.25, 0.3) is 5.91 Å². The summed E-state index contributed by atoms with van der Waals surface area (Å²) in [5, 5.41) is 19.3. The van der Waals surface area contributed by atoms with E-state index < -0.39 is 6.10 Å². The number of aliphatic hydroxyl groups excluding tert-OH is 1. The van der Waals surface area contributed by atoms with Crippen LogP contribution in [0.4, 0.5) is 0 Å². The number of nitriles is 1. The number of carbonyl (C=O) groups is 1. The molecule has 1 amide bonds. The fraction of sp³-hybridized carbons (Fsp3) is 0.238. The number of nitrogens with zero attached hydrogens (tertiary/aromatic N) is 2. The molecule has 1 aliphatic heterocycles. The predicted molar refractivity (Wildman–Crippen MR) is 98.3 cm³/mol. The molecule has 132 valence electrons. The lowest BCUT2D eigenvalue weighted by Gasteiger charge is -2.28. The first-order chi connectivity index (χ1) is 12.6. The third-order valence-corrected chi connectivity index (χ3v) is 4.55. The molecule has 0 fully saturated rings. The number of rotatable bonds is 4. The van der Waals surface area contributed by atoms with Crippen molar-refractivity contribution in [3.8, 4) is 11.8 Å². The summed E-state index contributed by atoms with van der Waals surface area (Å²) in [7, 11) is 1.55. The SMILES string of the molecule is COc1cccc(C(O)C(=O)N2CC=C(c3ccc(C#N)cc3)CC2)c1. The van der Waals surface area contributed by atoms with Crippen molar-refractivity contribution in [1.82, 2.24) is 4.90 Å². The highest BCUT2D eigenvalue weighted by Gasteiger charge is 2.25. The number of hydrogen-bond acceptors (Lipinski definition) is 4. The van der Waals surface area contributed by atoms with E-state index in [0.717, 1.165) is 11.1 Å². The number of methoxy groups -OCH3 is 1. The molecule has 1 heterocycles. The van der Waals surface area contributed by atoms with Gasteiger partial charge in [-0.05, 0) is 47.4 Å². The van der Waals surface area contributed by atoms with Crippen molar-refractivity contribution < 1.29 is 14.6 Å². The summed E-state index contributed by atoms with van der Waals surface area (Å²) in [4.78, 5) is 14.2. The molecule has 26 heavy (non-hydrogen) atoms. The lowest BCUT2D eigenvalue weighted by atomic mass is 9.98. The maximum absolute atomic E-state index is 12.6. The summed E-state index contributed by atoms with van der Waals surface area (Å²) in [6.45, 7) is 1.00. The van der Waals surface area contributed by atoms with Gasteiger partial charge in [-0.15, -0.1) is 0 Å². The Balaban J connectivity index is 1.68. The molecule has 5 heteroatoms. The minimum atomic E-state index is -1.20. The topological polar surface area (TPSA) is 73.6 Å². The maximum Gasteiger partial charge on any atom is 0.256 e. The van der Waals surface area contributed by atoms with Gasteiger partial charge in [0.2, 0.25) is 0 Å². The van der Waals surface area contributed by atoms with Crippen molar-refractivity contribution in [3.63, 3.8) is 0 Å². The zero-order valence-corrected chi connectivity index (χ0v) is 14.6. The molecule has 1 atom stereocenters. The van der Waals surface area contributed by atoms with E-state index in [1.165, 1.54) is 0 Å². The Labute approximate surface area is 152 Å². The first-order valence-corrected chi connectivity index (χ1v) is 8.42. The third kappa shape index (κ3) is 3.76.